The lowest BCUT2D eigenvalue weighted by Crippen LogP contribution is -2.30. The quantitative estimate of drug-likeness (QED) is 0.825. The van der Waals surface area contributed by atoms with Crippen LogP contribution in [-0.4, -0.2) is 29.0 Å². The molecule has 0 atom stereocenters. The standard InChI is InChI=1S/C13H14FN3O2/c14-10-1-3-12(4-2-10)19-8-13(18)16-6-5-11-7-15-9-17-11/h1-4,7,9H,5-6,8H2,(H,15,17)(H,16,18). The van der Waals surface area contributed by atoms with Gasteiger partial charge >= 0.3 is 0 Å². The molecule has 0 spiro atoms. The number of H-pyrrole nitrogens is 1. The van der Waals surface area contributed by atoms with Crippen LogP contribution >= 0.6 is 0 Å². The molecule has 0 radical (unpaired) electrons. The first-order chi connectivity index (χ1) is 9.24. The number of hydrogen-bond acceptors (Lipinski definition) is 3. The molecule has 0 aliphatic heterocycles. The molecule has 2 aromatic rings. The van der Waals surface area contributed by atoms with Crippen LogP contribution in [0.3, 0.4) is 0 Å². The van der Waals surface area contributed by atoms with Gasteiger partial charge in [0.1, 0.15) is 11.6 Å². The fraction of sp³-hybridized carbons (Fsp3) is 0.231. The molecular formula is C13H14FN3O2. The molecule has 1 aromatic carbocycles. The molecule has 0 fully saturated rings. The van der Waals surface area contributed by atoms with E-state index in [0.717, 1.165) is 5.69 Å². The van der Waals surface area contributed by atoms with Crippen LogP contribution in [0.5, 0.6) is 5.75 Å². The number of rotatable bonds is 6. The van der Waals surface area contributed by atoms with Gasteiger partial charge in [-0.2, -0.15) is 0 Å². The zero-order valence-electron chi connectivity index (χ0n) is 10.2. The lowest BCUT2D eigenvalue weighted by Gasteiger charge is -2.06. The smallest absolute Gasteiger partial charge is 0.257 e. The summed E-state index contributed by atoms with van der Waals surface area (Å²) in [6, 6.07) is 5.53. The number of carbonyl (C=O) groups excluding carboxylic acids is 1. The Hall–Kier alpha value is -2.37. The Morgan fingerprint density at radius 3 is 2.84 bits per heavy atom. The second-order valence-corrected chi connectivity index (χ2v) is 3.92. The van der Waals surface area contributed by atoms with Crippen molar-refractivity contribution in [3.8, 4) is 5.75 Å². The number of ether oxygens (including phenoxy) is 1. The molecule has 5 nitrogen and oxygen atoms in total. The van der Waals surface area contributed by atoms with Crippen LogP contribution in [0, 0.1) is 5.82 Å². The maximum absolute atomic E-state index is 12.6. The normalized spacial score (nSPS) is 10.2. The summed E-state index contributed by atoms with van der Waals surface area (Å²) < 4.78 is 17.9. The second-order valence-electron chi connectivity index (χ2n) is 3.92. The highest BCUT2D eigenvalue weighted by Gasteiger charge is 2.03. The molecule has 2 rings (SSSR count). The minimum absolute atomic E-state index is 0.0887. The van der Waals surface area contributed by atoms with Crippen LogP contribution in [0.25, 0.3) is 0 Å². The van der Waals surface area contributed by atoms with Crippen molar-refractivity contribution in [2.24, 2.45) is 0 Å². The van der Waals surface area contributed by atoms with Gasteiger partial charge in [-0.1, -0.05) is 0 Å². The Morgan fingerprint density at radius 2 is 2.16 bits per heavy atom. The van der Waals surface area contributed by atoms with Crippen molar-refractivity contribution in [3.05, 3.63) is 48.3 Å². The lowest BCUT2D eigenvalue weighted by molar-refractivity contribution is -0.123. The zero-order valence-corrected chi connectivity index (χ0v) is 10.2. The van der Waals surface area contributed by atoms with Crippen molar-refractivity contribution < 1.29 is 13.9 Å². The van der Waals surface area contributed by atoms with Gasteiger partial charge in [-0.15, -0.1) is 0 Å². The van der Waals surface area contributed by atoms with E-state index in [9.17, 15) is 9.18 Å². The van der Waals surface area contributed by atoms with Gasteiger partial charge in [0, 0.05) is 24.9 Å². The average Bonchev–Trinajstić information content (AvgIpc) is 2.91. The van der Waals surface area contributed by atoms with E-state index in [2.05, 4.69) is 15.3 Å². The Morgan fingerprint density at radius 1 is 1.37 bits per heavy atom. The lowest BCUT2D eigenvalue weighted by atomic mass is 10.3. The number of aromatic amines is 1. The van der Waals surface area contributed by atoms with Gasteiger partial charge in [0.2, 0.25) is 0 Å². The Labute approximate surface area is 109 Å². The molecule has 0 bridgehead atoms. The highest BCUT2D eigenvalue weighted by atomic mass is 19.1. The number of imidazole rings is 1. The van der Waals surface area contributed by atoms with Crippen molar-refractivity contribution in [1.29, 1.82) is 0 Å². The van der Waals surface area contributed by atoms with Gasteiger partial charge in [0.15, 0.2) is 6.61 Å². The van der Waals surface area contributed by atoms with E-state index in [1.165, 1.54) is 24.3 Å². The van der Waals surface area contributed by atoms with Gasteiger partial charge in [-0.3, -0.25) is 4.79 Å². The van der Waals surface area contributed by atoms with Crippen molar-refractivity contribution in [3.63, 3.8) is 0 Å². The molecule has 6 heteroatoms. The minimum Gasteiger partial charge on any atom is -0.484 e. The summed E-state index contributed by atoms with van der Waals surface area (Å²) in [5.41, 5.74) is 0.958. The molecule has 0 aliphatic rings. The topological polar surface area (TPSA) is 67.0 Å². The number of amides is 1. The number of benzene rings is 1. The molecule has 0 aliphatic carbocycles. The summed E-state index contributed by atoms with van der Waals surface area (Å²) in [7, 11) is 0. The molecule has 1 aromatic heterocycles. The fourth-order valence-corrected chi connectivity index (χ4v) is 1.49. The molecule has 0 saturated heterocycles. The van der Waals surface area contributed by atoms with E-state index in [1.54, 1.807) is 12.5 Å². The number of nitrogens with zero attached hydrogens (tertiary/aromatic N) is 1. The second kappa shape index (κ2) is 6.53. The Bertz CT molecular complexity index is 511. The number of carbonyl (C=O) groups is 1. The molecular weight excluding hydrogens is 249 g/mol. The van der Waals surface area contributed by atoms with Gasteiger partial charge in [-0.05, 0) is 24.3 Å². The van der Waals surface area contributed by atoms with E-state index in [1.807, 2.05) is 0 Å². The summed E-state index contributed by atoms with van der Waals surface area (Å²) in [6.45, 7) is 0.419. The summed E-state index contributed by atoms with van der Waals surface area (Å²) in [6.07, 6.45) is 3.98. The van der Waals surface area contributed by atoms with Crippen molar-refractivity contribution in [2.75, 3.05) is 13.2 Å². The van der Waals surface area contributed by atoms with Crippen LogP contribution in [0.1, 0.15) is 5.69 Å². The van der Waals surface area contributed by atoms with Gasteiger partial charge in [-0.25, -0.2) is 9.37 Å². The minimum atomic E-state index is -0.337. The monoisotopic (exact) mass is 263 g/mol. The first-order valence-corrected chi connectivity index (χ1v) is 5.86. The first-order valence-electron chi connectivity index (χ1n) is 5.86. The molecule has 1 amide bonds. The van der Waals surface area contributed by atoms with Gasteiger partial charge < -0.3 is 15.0 Å². The van der Waals surface area contributed by atoms with Gasteiger partial charge in [0.25, 0.3) is 5.91 Å². The van der Waals surface area contributed by atoms with E-state index >= 15 is 0 Å². The van der Waals surface area contributed by atoms with Crippen molar-refractivity contribution in [2.45, 2.75) is 6.42 Å². The van der Waals surface area contributed by atoms with Crippen molar-refractivity contribution >= 4 is 5.91 Å². The summed E-state index contributed by atoms with van der Waals surface area (Å²) in [5.74, 6) is -0.0923. The SMILES string of the molecule is O=C(COc1ccc(F)cc1)NCCc1cnc[nH]1. The number of hydrogen-bond donors (Lipinski definition) is 2. The number of aromatic nitrogens is 2. The predicted octanol–water partition coefficient (Wildman–Crippen LogP) is 1.29. The largest absolute Gasteiger partial charge is 0.484 e. The predicted molar refractivity (Wildman–Crippen MR) is 67.2 cm³/mol. The molecule has 0 unspecified atom stereocenters. The highest BCUT2D eigenvalue weighted by molar-refractivity contribution is 5.77. The zero-order chi connectivity index (χ0) is 13.5. The maximum atomic E-state index is 12.6. The van der Waals surface area contributed by atoms with Crippen LogP contribution in [0.2, 0.25) is 0 Å². The third-order valence-electron chi connectivity index (χ3n) is 2.45. The highest BCUT2D eigenvalue weighted by Crippen LogP contribution is 2.10. The summed E-state index contributed by atoms with van der Waals surface area (Å²) >= 11 is 0. The van der Waals surface area contributed by atoms with Gasteiger partial charge in [0.05, 0.1) is 6.33 Å². The molecule has 100 valence electrons. The molecule has 2 N–H and O–H groups in total. The van der Waals surface area contributed by atoms with Crippen LogP contribution in [0.15, 0.2) is 36.8 Å². The number of nitrogens with one attached hydrogen (secondary N) is 2. The van der Waals surface area contributed by atoms with Crippen LogP contribution in [0.4, 0.5) is 4.39 Å². The summed E-state index contributed by atoms with van der Waals surface area (Å²) in [4.78, 5) is 18.3. The molecule has 1 heterocycles. The van der Waals surface area contributed by atoms with E-state index in [-0.39, 0.29) is 18.3 Å². The van der Waals surface area contributed by atoms with Crippen molar-refractivity contribution in [1.82, 2.24) is 15.3 Å². The van der Waals surface area contributed by atoms with E-state index in [0.29, 0.717) is 18.7 Å². The van der Waals surface area contributed by atoms with Crippen LogP contribution in [-0.2, 0) is 11.2 Å². The third kappa shape index (κ3) is 4.42. The average molecular weight is 263 g/mol. The van der Waals surface area contributed by atoms with E-state index < -0.39 is 0 Å². The maximum Gasteiger partial charge on any atom is 0.257 e. The Kier molecular flexibility index (Phi) is 4.49. The van der Waals surface area contributed by atoms with Crippen LogP contribution < -0.4 is 10.1 Å². The molecule has 19 heavy (non-hydrogen) atoms. The summed E-state index contributed by atoms with van der Waals surface area (Å²) in [5, 5.41) is 2.72. The third-order valence-corrected chi connectivity index (χ3v) is 2.45. The molecule has 0 saturated carbocycles. The van der Waals surface area contributed by atoms with E-state index in [4.69, 9.17) is 4.74 Å². The fourth-order valence-electron chi connectivity index (χ4n) is 1.49. The first kappa shape index (κ1) is 13.1. The Balaban J connectivity index is 1.65. The number of halogens is 1.